The van der Waals surface area contributed by atoms with Crippen molar-refractivity contribution >= 4 is 45.1 Å². The summed E-state index contributed by atoms with van der Waals surface area (Å²) in [7, 11) is 4.21. The molecule has 1 aliphatic carbocycles. The van der Waals surface area contributed by atoms with E-state index in [2.05, 4.69) is 53.4 Å². The third-order valence-electron chi connectivity index (χ3n) is 8.61. The zero-order chi connectivity index (χ0) is 28.0. The lowest BCUT2D eigenvalue weighted by molar-refractivity contribution is 0.0752. The largest absolute Gasteiger partial charge is 0.508 e. The number of rotatable bonds is 7. The number of carbonyl (C=O) groups excluding carboxylic acids is 1. The molecular weight excluding hydrogens is 617 g/mol. The van der Waals surface area contributed by atoms with Gasteiger partial charge in [0, 0.05) is 39.1 Å². The van der Waals surface area contributed by atoms with Crippen molar-refractivity contribution in [1.29, 1.82) is 0 Å². The lowest BCUT2D eigenvalue weighted by Crippen LogP contribution is -2.34. The van der Waals surface area contributed by atoms with Gasteiger partial charge in [-0.1, -0.05) is 25.0 Å². The molecule has 8 nitrogen and oxygen atoms in total. The molecule has 1 atom stereocenters. The van der Waals surface area contributed by atoms with Crippen LogP contribution in [0.3, 0.4) is 0 Å². The Hall–Kier alpha value is -2.66. The third kappa shape index (κ3) is 5.46. The number of phenols is 1. The smallest absolute Gasteiger partial charge is 0.318 e. The van der Waals surface area contributed by atoms with Gasteiger partial charge in [-0.05, 0) is 92.9 Å². The summed E-state index contributed by atoms with van der Waals surface area (Å²) in [5, 5.41) is 12.2. The first-order valence-electron chi connectivity index (χ1n) is 14.4. The Balaban J connectivity index is 1.33. The van der Waals surface area contributed by atoms with Gasteiger partial charge in [0.2, 0.25) is 0 Å². The van der Waals surface area contributed by atoms with Gasteiger partial charge < -0.3 is 24.5 Å². The molecule has 1 unspecified atom stereocenters. The van der Waals surface area contributed by atoms with Crippen LogP contribution in [0.4, 0.5) is 5.82 Å². The van der Waals surface area contributed by atoms with Crippen LogP contribution in [0, 0.1) is 8.99 Å². The first kappa shape index (κ1) is 27.5. The lowest BCUT2D eigenvalue weighted by Gasteiger charge is -2.30. The van der Waals surface area contributed by atoms with Crippen molar-refractivity contribution in [2.75, 3.05) is 38.7 Å². The SMILES string of the molecule is CC1CCCCCN1c1nc(OCC2(CN(C)C)CC2)nc2c1CN(C(=O)c1cc(O)cc3cccc(I)c13)C2. The number of hydrogen-bond donors (Lipinski definition) is 1. The van der Waals surface area contributed by atoms with Crippen molar-refractivity contribution in [3.05, 3.63) is 50.7 Å². The van der Waals surface area contributed by atoms with E-state index in [1.54, 1.807) is 12.1 Å². The second kappa shape index (κ2) is 11.0. The minimum Gasteiger partial charge on any atom is -0.508 e. The van der Waals surface area contributed by atoms with E-state index >= 15 is 0 Å². The Morgan fingerprint density at radius 3 is 2.77 bits per heavy atom. The fourth-order valence-electron chi connectivity index (χ4n) is 6.37. The van der Waals surface area contributed by atoms with Gasteiger partial charge >= 0.3 is 6.01 Å². The minimum atomic E-state index is -0.108. The number of hydrogen-bond acceptors (Lipinski definition) is 7. The summed E-state index contributed by atoms with van der Waals surface area (Å²) in [6.45, 7) is 5.65. The normalized spacial score (nSPS) is 20.1. The molecule has 1 saturated carbocycles. The number of ether oxygens (including phenoxy) is 1. The molecule has 0 spiro atoms. The average Bonchev–Trinajstić information content (AvgIpc) is 3.59. The van der Waals surface area contributed by atoms with E-state index in [4.69, 9.17) is 14.7 Å². The number of aromatic hydroxyl groups is 1. The quantitative estimate of drug-likeness (QED) is 0.333. The zero-order valence-electron chi connectivity index (χ0n) is 23.6. The molecule has 3 aromatic rings. The van der Waals surface area contributed by atoms with Crippen LogP contribution < -0.4 is 9.64 Å². The fourth-order valence-corrected chi connectivity index (χ4v) is 7.18. The number of benzene rings is 2. The highest BCUT2D eigenvalue weighted by molar-refractivity contribution is 14.1. The summed E-state index contributed by atoms with van der Waals surface area (Å²) in [5.74, 6) is 0.900. The zero-order valence-corrected chi connectivity index (χ0v) is 25.8. The second-order valence-electron chi connectivity index (χ2n) is 12.2. The number of phenolic OH excluding ortho intramolecular Hbond substituents is 1. The van der Waals surface area contributed by atoms with E-state index < -0.39 is 0 Å². The molecule has 3 aliphatic rings. The fraction of sp³-hybridized carbons (Fsp3) is 0.516. The van der Waals surface area contributed by atoms with E-state index in [0.717, 1.165) is 70.2 Å². The summed E-state index contributed by atoms with van der Waals surface area (Å²) < 4.78 is 7.30. The predicted octanol–water partition coefficient (Wildman–Crippen LogP) is 5.59. The van der Waals surface area contributed by atoms with Crippen molar-refractivity contribution in [3.8, 4) is 11.8 Å². The molecule has 40 heavy (non-hydrogen) atoms. The summed E-state index contributed by atoms with van der Waals surface area (Å²) in [6.07, 6.45) is 7.00. The van der Waals surface area contributed by atoms with Gasteiger partial charge in [0.05, 0.1) is 31.0 Å². The highest BCUT2D eigenvalue weighted by Gasteiger charge is 2.44. The van der Waals surface area contributed by atoms with Crippen molar-refractivity contribution in [2.45, 2.75) is 64.6 Å². The molecule has 212 valence electrons. The molecular formula is C31H38IN5O3. The number of amides is 1. The van der Waals surface area contributed by atoms with E-state index in [1.807, 2.05) is 23.1 Å². The number of nitrogens with zero attached hydrogens (tertiary/aromatic N) is 5. The van der Waals surface area contributed by atoms with Gasteiger partial charge in [0.15, 0.2) is 0 Å². The monoisotopic (exact) mass is 655 g/mol. The molecule has 0 bridgehead atoms. The van der Waals surface area contributed by atoms with E-state index in [1.165, 1.54) is 12.8 Å². The number of carbonyl (C=O) groups is 1. The molecule has 2 aliphatic heterocycles. The van der Waals surface area contributed by atoms with Gasteiger partial charge in [0.25, 0.3) is 5.91 Å². The first-order valence-corrected chi connectivity index (χ1v) is 15.5. The molecule has 0 radical (unpaired) electrons. The Morgan fingerprint density at radius 1 is 1.18 bits per heavy atom. The molecule has 1 saturated heterocycles. The van der Waals surface area contributed by atoms with Crippen LogP contribution in [0.25, 0.3) is 10.8 Å². The van der Waals surface area contributed by atoms with Gasteiger partial charge in [-0.25, -0.2) is 0 Å². The third-order valence-corrected chi connectivity index (χ3v) is 9.51. The van der Waals surface area contributed by atoms with Crippen LogP contribution in [0.2, 0.25) is 0 Å². The van der Waals surface area contributed by atoms with Crippen molar-refractivity contribution in [2.24, 2.45) is 5.41 Å². The summed E-state index contributed by atoms with van der Waals surface area (Å²) in [4.78, 5) is 30.4. The van der Waals surface area contributed by atoms with Crippen LogP contribution in [0.5, 0.6) is 11.8 Å². The number of fused-ring (bicyclic) bond motifs is 2. The molecule has 1 amide bonds. The number of halogens is 1. The Bertz CT molecular complexity index is 1440. The molecule has 6 rings (SSSR count). The van der Waals surface area contributed by atoms with Gasteiger partial charge in [0.1, 0.15) is 11.6 Å². The summed E-state index contributed by atoms with van der Waals surface area (Å²) in [6, 6.07) is 9.95. The van der Waals surface area contributed by atoms with Crippen LogP contribution in [-0.4, -0.2) is 70.6 Å². The molecule has 9 heteroatoms. The second-order valence-corrected chi connectivity index (χ2v) is 13.3. The van der Waals surface area contributed by atoms with Gasteiger partial charge in [-0.3, -0.25) is 4.79 Å². The lowest BCUT2D eigenvalue weighted by atomic mass is 10.0. The highest BCUT2D eigenvalue weighted by atomic mass is 127. The van der Waals surface area contributed by atoms with E-state index in [-0.39, 0.29) is 17.1 Å². The van der Waals surface area contributed by atoms with Crippen molar-refractivity contribution < 1.29 is 14.6 Å². The van der Waals surface area contributed by atoms with Crippen LogP contribution in [-0.2, 0) is 13.1 Å². The number of anilines is 1. The maximum absolute atomic E-state index is 14.0. The summed E-state index contributed by atoms with van der Waals surface area (Å²) in [5.41, 5.74) is 2.57. The van der Waals surface area contributed by atoms with E-state index in [0.29, 0.717) is 37.3 Å². The van der Waals surface area contributed by atoms with Gasteiger partial charge in [-0.15, -0.1) is 0 Å². The van der Waals surface area contributed by atoms with Crippen molar-refractivity contribution in [3.63, 3.8) is 0 Å². The van der Waals surface area contributed by atoms with E-state index in [9.17, 15) is 9.90 Å². The number of aromatic nitrogens is 2. The average molecular weight is 656 g/mol. The molecule has 1 N–H and O–H groups in total. The first-order chi connectivity index (χ1) is 19.2. The summed E-state index contributed by atoms with van der Waals surface area (Å²) >= 11 is 2.26. The Kier molecular flexibility index (Phi) is 7.54. The molecule has 1 aromatic heterocycles. The predicted molar refractivity (Wildman–Crippen MR) is 165 cm³/mol. The maximum atomic E-state index is 14.0. The van der Waals surface area contributed by atoms with Crippen molar-refractivity contribution in [1.82, 2.24) is 19.8 Å². The van der Waals surface area contributed by atoms with Crippen LogP contribution in [0.15, 0.2) is 30.3 Å². The topological polar surface area (TPSA) is 82.0 Å². The Labute approximate surface area is 249 Å². The standard InChI is InChI=1S/C31H38IN5O3/c1-20-8-5-4-6-13-37(20)28-24-16-36(29(39)23-15-22(38)14-21-9-7-10-25(32)27(21)23)17-26(24)33-30(34-28)40-19-31(11-12-31)18-35(2)3/h7,9-10,14-15,20,38H,4-6,8,11-13,16-19H2,1-3H3. The molecule has 2 aromatic carbocycles. The highest BCUT2D eigenvalue weighted by Crippen LogP contribution is 2.46. The minimum absolute atomic E-state index is 0.0934. The molecule has 2 fully saturated rings. The Morgan fingerprint density at radius 2 is 2.00 bits per heavy atom. The van der Waals surface area contributed by atoms with Crippen LogP contribution >= 0.6 is 22.6 Å². The van der Waals surface area contributed by atoms with Crippen LogP contribution in [0.1, 0.15) is 67.1 Å². The molecule has 3 heterocycles. The maximum Gasteiger partial charge on any atom is 0.318 e. The van der Waals surface area contributed by atoms with Gasteiger partial charge in [-0.2, -0.15) is 9.97 Å².